The van der Waals surface area contributed by atoms with Crippen molar-refractivity contribution in [1.82, 2.24) is 0 Å². The molecule has 0 amide bonds. The van der Waals surface area contributed by atoms with Crippen LogP contribution in [0.5, 0.6) is 0 Å². The molecule has 0 radical (unpaired) electrons. The maximum atomic E-state index is 8.48. The van der Waals surface area contributed by atoms with Crippen molar-refractivity contribution in [3.05, 3.63) is 0 Å². The summed E-state index contributed by atoms with van der Waals surface area (Å²) in [6.07, 6.45) is 8.71. The van der Waals surface area contributed by atoms with E-state index < -0.39 is 0 Å². The Labute approximate surface area is 186 Å². The van der Waals surface area contributed by atoms with E-state index in [1.54, 1.807) is 0 Å². The highest BCUT2D eigenvalue weighted by atomic mass is 16.5. The Bertz CT molecular complexity index is 274. The molecule has 2 saturated heterocycles. The number of aliphatic hydroxyl groups excluding tert-OH is 4. The first-order valence-electron chi connectivity index (χ1n) is 12.0. The van der Waals surface area contributed by atoms with Gasteiger partial charge in [-0.05, 0) is 75.0 Å². The Hall–Kier alpha value is -0.240. The van der Waals surface area contributed by atoms with Gasteiger partial charge in [0.15, 0.2) is 0 Å². The number of aliphatic hydroxyl groups is 4. The SMILES string of the molecule is C[C@@H](CO)CCCO.C[C@@H]1CCCOC1.C[C@H](CO)CCCO.C[C@H]1CCCOC1. The van der Waals surface area contributed by atoms with Crippen molar-refractivity contribution in [2.24, 2.45) is 23.7 Å². The third-order valence-corrected chi connectivity index (χ3v) is 5.11. The molecule has 0 bridgehead atoms. The van der Waals surface area contributed by atoms with Crippen LogP contribution in [0.3, 0.4) is 0 Å². The van der Waals surface area contributed by atoms with Crippen LogP contribution in [-0.2, 0) is 9.47 Å². The highest BCUT2D eigenvalue weighted by Gasteiger charge is 2.06. The lowest BCUT2D eigenvalue weighted by Crippen LogP contribution is -2.13. The van der Waals surface area contributed by atoms with Crippen molar-refractivity contribution < 1.29 is 29.9 Å². The fourth-order valence-electron chi connectivity index (χ4n) is 2.87. The first kappa shape index (κ1) is 31.9. The maximum absolute atomic E-state index is 8.48. The third kappa shape index (κ3) is 25.8. The molecule has 4 atom stereocenters. The first-order valence-corrected chi connectivity index (χ1v) is 12.0. The minimum atomic E-state index is 0.236. The summed E-state index contributed by atoms with van der Waals surface area (Å²) in [6.45, 7) is 13.3. The van der Waals surface area contributed by atoms with Gasteiger partial charge in [-0.1, -0.05) is 27.7 Å². The zero-order chi connectivity index (χ0) is 23.0. The second-order valence-corrected chi connectivity index (χ2v) is 8.95. The quantitative estimate of drug-likeness (QED) is 0.464. The van der Waals surface area contributed by atoms with Crippen LogP contribution >= 0.6 is 0 Å². The fourth-order valence-corrected chi connectivity index (χ4v) is 2.87. The summed E-state index contributed by atoms with van der Waals surface area (Å²) in [6, 6.07) is 0. The van der Waals surface area contributed by atoms with Gasteiger partial charge >= 0.3 is 0 Å². The minimum absolute atomic E-state index is 0.236. The molecule has 4 N–H and O–H groups in total. The predicted octanol–water partition coefficient (Wildman–Crippen LogP) is 3.64. The van der Waals surface area contributed by atoms with Gasteiger partial charge < -0.3 is 29.9 Å². The molecule has 6 nitrogen and oxygen atoms in total. The van der Waals surface area contributed by atoms with Gasteiger partial charge in [0.2, 0.25) is 0 Å². The average molecular weight is 437 g/mol. The molecule has 0 aromatic heterocycles. The lowest BCUT2D eigenvalue weighted by molar-refractivity contribution is 0.0615. The van der Waals surface area contributed by atoms with Gasteiger partial charge in [-0.25, -0.2) is 0 Å². The molecule has 0 aromatic carbocycles. The van der Waals surface area contributed by atoms with Crippen molar-refractivity contribution in [3.8, 4) is 0 Å². The van der Waals surface area contributed by atoms with Gasteiger partial charge in [0, 0.05) is 52.9 Å². The molecular weight excluding hydrogens is 384 g/mol. The van der Waals surface area contributed by atoms with Crippen molar-refractivity contribution >= 4 is 0 Å². The molecule has 0 spiro atoms. The highest BCUT2D eigenvalue weighted by Crippen LogP contribution is 2.11. The summed E-state index contributed by atoms with van der Waals surface area (Å²) >= 11 is 0. The van der Waals surface area contributed by atoms with Gasteiger partial charge in [0.25, 0.3) is 0 Å². The Morgan fingerprint density at radius 1 is 0.700 bits per heavy atom. The average Bonchev–Trinajstić information content (AvgIpc) is 2.78. The fraction of sp³-hybridized carbons (Fsp3) is 1.00. The standard InChI is InChI=1S/2C6H14O2.2C6H12O/c2*1-6(5-8)3-2-4-7;2*1-6-3-2-4-7-5-6/h2*6-8H,2-5H2,1H3;2*6H,2-5H2,1H3/t4*6-/m1010/s1. The topological polar surface area (TPSA) is 99.4 Å². The van der Waals surface area contributed by atoms with E-state index in [9.17, 15) is 0 Å². The van der Waals surface area contributed by atoms with Crippen LogP contribution in [0.15, 0.2) is 0 Å². The zero-order valence-corrected chi connectivity index (χ0v) is 20.2. The summed E-state index contributed by atoms with van der Waals surface area (Å²) in [7, 11) is 0. The molecule has 0 unspecified atom stereocenters. The summed E-state index contributed by atoms with van der Waals surface area (Å²) in [5.74, 6) is 2.33. The molecule has 2 aliphatic heterocycles. The molecule has 30 heavy (non-hydrogen) atoms. The van der Waals surface area contributed by atoms with Crippen LogP contribution in [0, 0.1) is 23.7 Å². The van der Waals surface area contributed by atoms with E-state index in [0.717, 1.165) is 63.9 Å². The van der Waals surface area contributed by atoms with Crippen LogP contribution in [-0.4, -0.2) is 73.3 Å². The van der Waals surface area contributed by atoms with Crippen LogP contribution < -0.4 is 0 Å². The molecule has 2 rings (SSSR count). The lowest BCUT2D eigenvalue weighted by atomic mass is 10.1. The van der Waals surface area contributed by atoms with E-state index in [0.29, 0.717) is 11.8 Å². The number of rotatable bonds is 8. The molecule has 2 heterocycles. The summed E-state index contributed by atoms with van der Waals surface area (Å²) < 4.78 is 10.4. The third-order valence-electron chi connectivity index (χ3n) is 5.11. The largest absolute Gasteiger partial charge is 0.396 e. The van der Waals surface area contributed by atoms with Gasteiger partial charge in [-0.3, -0.25) is 0 Å². The molecule has 6 heteroatoms. The van der Waals surface area contributed by atoms with Gasteiger partial charge in [0.05, 0.1) is 0 Å². The Kier molecular flexibility index (Phi) is 26.6. The zero-order valence-electron chi connectivity index (χ0n) is 20.2. The van der Waals surface area contributed by atoms with E-state index in [1.165, 1.54) is 25.7 Å². The van der Waals surface area contributed by atoms with Gasteiger partial charge in [-0.2, -0.15) is 0 Å². The van der Waals surface area contributed by atoms with Crippen molar-refractivity contribution in [2.45, 2.75) is 79.1 Å². The van der Waals surface area contributed by atoms with E-state index in [4.69, 9.17) is 29.9 Å². The predicted molar refractivity (Wildman–Crippen MR) is 124 cm³/mol. The van der Waals surface area contributed by atoms with Crippen LogP contribution in [0.2, 0.25) is 0 Å². The Morgan fingerprint density at radius 2 is 1.07 bits per heavy atom. The summed E-state index contributed by atoms with van der Waals surface area (Å²) in [4.78, 5) is 0. The molecule has 2 aliphatic rings. The number of hydrogen-bond donors (Lipinski definition) is 4. The number of hydrogen-bond acceptors (Lipinski definition) is 6. The molecule has 0 aliphatic carbocycles. The molecule has 0 aromatic rings. The number of ether oxygens (including phenoxy) is 2. The lowest BCUT2D eigenvalue weighted by Gasteiger charge is -2.16. The monoisotopic (exact) mass is 436 g/mol. The first-order chi connectivity index (χ1) is 14.4. The van der Waals surface area contributed by atoms with Crippen molar-refractivity contribution in [1.29, 1.82) is 0 Å². The summed E-state index contributed by atoms with van der Waals surface area (Å²) in [5.41, 5.74) is 0. The summed E-state index contributed by atoms with van der Waals surface area (Å²) in [5, 5.41) is 33.6. The second kappa shape index (κ2) is 25.0. The van der Waals surface area contributed by atoms with E-state index >= 15 is 0 Å². The molecule has 184 valence electrons. The van der Waals surface area contributed by atoms with E-state index in [1.807, 2.05) is 13.8 Å². The van der Waals surface area contributed by atoms with E-state index in [2.05, 4.69) is 13.8 Å². The van der Waals surface area contributed by atoms with Gasteiger partial charge in [0.1, 0.15) is 0 Å². The van der Waals surface area contributed by atoms with Crippen LogP contribution in [0.4, 0.5) is 0 Å². The Morgan fingerprint density at radius 3 is 1.23 bits per heavy atom. The smallest absolute Gasteiger partial charge is 0.0491 e. The molecule has 2 fully saturated rings. The highest BCUT2D eigenvalue weighted by molar-refractivity contribution is 4.56. The molecular formula is C24H52O6. The van der Waals surface area contributed by atoms with Crippen LogP contribution in [0.1, 0.15) is 79.1 Å². The van der Waals surface area contributed by atoms with Crippen molar-refractivity contribution in [2.75, 3.05) is 52.9 Å². The molecule has 0 saturated carbocycles. The normalized spacial score (nSPS) is 22.8. The van der Waals surface area contributed by atoms with E-state index in [-0.39, 0.29) is 26.4 Å². The Balaban J connectivity index is 0. The maximum Gasteiger partial charge on any atom is 0.0491 e. The second-order valence-electron chi connectivity index (χ2n) is 8.95. The van der Waals surface area contributed by atoms with Crippen LogP contribution in [0.25, 0.3) is 0 Å². The minimum Gasteiger partial charge on any atom is -0.396 e. The van der Waals surface area contributed by atoms with Gasteiger partial charge in [-0.15, -0.1) is 0 Å². The van der Waals surface area contributed by atoms with Crippen molar-refractivity contribution in [3.63, 3.8) is 0 Å².